The Kier molecular flexibility index (Phi) is 6.12. The fraction of sp³-hybridized carbons (Fsp3) is 0.778. The first-order valence-corrected chi connectivity index (χ1v) is 8.59. The van der Waals surface area contributed by atoms with Gasteiger partial charge in [-0.3, -0.25) is 9.80 Å². The number of hydrogen-bond donors (Lipinski definition) is 0. The number of rotatable bonds is 5. The number of methoxy groups -OCH3 is 1. The van der Waals surface area contributed by atoms with E-state index in [0.29, 0.717) is 0 Å². The predicted molar refractivity (Wildman–Crippen MR) is 93.8 cm³/mol. The summed E-state index contributed by atoms with van der Waals surface area (Å²) in [5.41, 5.74) is 3.63. The molecule has 0 spiro atoms. The molecule has 2 rings (SSSR count). The van der Waals surface area contributed by atoms with Crippen molar-refractivity contribution in [3.8, 4) is 0 Å². The van der Waals surface area contributed by atoms with Gasteiger partial charge in [0.1, 0.15) is 5.82 Å². The van der Waals surface area contributed by atoms with Crippen molar-refractivity contribution >= 4 is 0 Å². The van der Waals surface area contributed by atoms with Crippen LogP contribution in [0.5, 0.6) is 0 Å². The van der Waals surface area contributed by atoms with Crippen molar-refractivity contribution in [2.75, 3.05) is 46.4 Å². The van der Waals surface area contributed by atoms with E-state index in [4.69, 9.17) is 14.7 Å². The number of nitrogens with zero attached hydrogens (tertiary/aromatic N) is 4. The average Bonchev–Trinajstić information content (AvgIpc) is 2.44. The molecular weight excluding hydrogens is 288 g/mol. The third-order valence-corrected chi connectivity index (χ3v) is 4.51. The summed E-state index contributed by atoms with van der Waals surface area (Å²) in [6, 6.07) is 0. The minimum absolute atomic E-state index is 0.0969. The van der Waals surface area contributed by atoms with Crippen LogP contribution in [0, 0.1) is 13.8 Å². The number of hydrogen-bond acceptors (Lipinski definition) is 5. The smallest absolute Gasteiger partial charge is 0.142 e. The molecule has 1 fully saturated rings. The maximum absolute atomic E-state index is 5.16. The normalized spacial score (nSPS) is 17.7. The Morgan fingerprint density at radius 1 is 0.957 bits per heavy atom. The van der Waals surface area contributed by atoms with Crippen molar-refractivity contribution in [2.24, 2.45) is 0 Å². The minimum Gasteiger partial charge on any atom is -0.383 e. The van der Waals surface area contributed by atoms with Crippen LogP contribution in [0.25, 0.3) is 0 Å². The standard InChI is InChI=1S/C18H32N4O/c1-14-17(18(3,4)5)15(2)20-16(19-14)13-22-9-7-21(8-10-22)11-12-23-6/h7-13H2,1-6H3. The zero-order chi connectivity index (χ0) is 17.0. The predicted octanol–water partition coefficient (Wildman–Crippen LogP) is 2.15. The van der Waals surface area contributed by atoms with Gasteiger partial charge in [0.05, 0.1) is 13.2 Å². The van der Waals surface area contributed by atoms with Crippen LogP contribution in [0.1, 0.15) is 43.5 Å². The summed E-state index contributed by atoms with van der Waals surface area (Å²) in [6.07, 6.45) is 0. The number of ether oxygens (including phenoxy) is 1. The van der Waals surface area contributed by atoms with E-state index in [-0.39, 0.29) is 5.41 Å². The van der Waals surface area contributed by atoms with Gasteiger partial charge in [-0.1, -0.05) is 20.8 Å². The number of aromatic nitrogens is 2. The molecule has 0 bridgehead atoms. The molecule has 0 saturated carbocycles. The zero-order valence-electron chi connectivity index (χ0n) is 15.6. The second-order valence-electron chi connectivity index (χ2n) is 7.55. The van der Waals surface area contributed by atoms with Crippen molar-refractivity contribution in [1.82, 2.24) is 19.8 Å². The highest BCUT2D eigenvalue weighted by Gasteiger charge is 2.23. The fourth-order valence-electron chi connectivity index (χ4n) is 3.53. The molecule has 0 atom stereocenters. The van der Waals surface area contributed by atoms with Gasteiger partial charge in [-0.25, -0.2) is 9.97 Å². The van der Waals surface area contributed by atoms with Crippen LogP contribution in [-0.2, 0) is 16.7 Å². The summed E-state index contributed by atoms with van der Waals surface area (Å²) in [6.45, 7) is 17.9. The number of piperazine rings is 1. The van der Waals surface area contributed by atoms with Crippen LogP contribution in [0.3, 0.4) is 0 Å². The lowest BCUT2D eigenvalue weighted by molar-refractivity contribution is 0.0925. The maximum Gasteiger partial charge on any atom is 0.142 e. The molecule has 0 radical (unpaired) electrons. The van der Waals surface area contributed by atoms with Crippen molar-refractivity contribution in [3.63, 3.8) is 0 Å². The summed E-state index contributed by atoms with van der Waals surface area (Å²) in [7, 11) is 1.76. The largest absolute Gasteiger partial charge is 0.383 e. The second-order valence-corrected chi connectivity index (χ2v) is 7.55. The van der Waals surface area contributed by atoms with E-state index in [9.17, 15) is 0 Å². The molecule has 0 aromatic carbocycles. The van der Waals surface area contributed by atoms with Gasteiger partial charge in [-0.05, 0) is 19.3 Å². The highest BCUT2D eigenvalue weighted by Crippen LogP contribution is 2.27. The number of aryl methyl sites for hydroxylation is 2. The molecule has 23 heavy (non-hydrogen) atoms. The Morgan fingerprint density at radius 2 is 1.48 bits per heavy atom. The van der Waals surface area contributed by atoms with Crippen LogP contribution in [-0.4, -0.2) is 66.2 Å². The lowest BCUT2D eigenvalue weighted by Gasteiger charge is -2.34. The Labute approximate surface area is 141 Å². The molecule has 2 heterocycles. The molecule has 130 valence electrons. The molecule has 1 aromatic heterocycles. The van der Waals surface area contributed by atoms with E-state index in [1.54, 1.807) is 7.11 Å². The molecule has 1 aliphatic rings. The summed E-state index contributed by atoms with van der Waals surface area (Å²) < 4.78 is 5.16. The molecule has 0 unspecified atom stereocenters. The summed E-state index contributed by atoms with van der Waals surface area (Å²) in [5.74, 6) is 0.957. The molecule has 1 saturated heterocycles. The van der Waals surface area contributed by atoms with E-state index >= 15 is 0 Å². The van der Waals surface area contributed by atoms with E-state index in [2.05, 4.69) is 44.4 Å². The third-order valence-electron chi connectivity index (χ3n) is 4.51. The van der Waals surface area contributed by atoms with Gasteiger partial charge in [0.25, 0.3) is 0 Å². The summed E-state index contributed by atoms with van der Waals surface area (Å²) in [5, 5.41) is 0. The average molecular weight is 320 g/mol. The van der Waals surface area contributed by atoms with Gasteiger partial charge in [-0.15, -0.1) is 0 Å². The second kappa shape index (κ2) is 7.69. The van der Waals surface area contributed by atoms with E-state index < -0.39 is 0 Å². The molecule has 0 aliphatic carbocycles. The maximum atomic E-state index is 5.16. The Morgan fingerprint density at radius 3 is 1.96 bits per heavy atom. The van der Waals surface area contributed by atoms with E-state index in [0.717, 1.165) is 63.1 Å². The Balaban J connectivity index is 1.97. The van der Waals surface area contributed by atoms with Crippen molar-refractivity contribution in [1.29, 1.82) is 0 Å². The monoisotopic (exact) mass is 320 g/mol. The Hall–Kier alpha value is -1.04. The molecule has 0 amide bonds. The molecule has 5 nitrogen and oxygen atoms in total. The topological polar surface area (TPSA) is 41.5 Å². The van der Waals surface area contributed by atoms with Crippen molar-refractivity contribution in [2.45, 2.75) is 46.6 Å². The van der Waals surface area contributed by atoms with E-state index in [1.807, 2.05) is 0 Å². The van der Waals surface area contributed by atoms with Crippen molar-refractivity contribution in [3.05, 3.63) is 22.8 Å². The van der Waals surface area contributed by atoms with Crippen LogP contribution in [0.15, 0.2) is 0 Å². The van der Waals surface area contributed by atoms with Gasteiger partial charge in [0.2, 0.25) is 0 Å². The lowest BCUT2D eigenvalue weighted by atomic mass is 9.85. The van der Waals surface area contributed by atoms with Crippen LogP contribution in [0.2, 0.25) is 0 Å². The molecule has 1 aromatic rings. The Bertz CT molecular complexity index is 493. The van der Waals surface area contributed by atoms with Crippen molar-refractivity contribution < 1.29 is 4.74 Å². The first kappa shape index (κ1) is 18.3. The lowest BCUT2D eigenvalue weighted by Crippen LogP contribution is -2.47. The first-order chi connectivity index (χ1) is 10.8. The van der Waals surface area contributed by atoms with Gasteiger partial charge < -0.3 is 4.74 Å². The van der Waals surface area contributed by atoms with Crippen LogP contribution < -0.4 is 0 Å². The van der Waals surface area contributed by atoms with E-state index in [1.165, 1.54) is 5.56 Å². The van der Waals surface area contributed by atoms with Crippen LogP contribution in [0.4, 0.5) is 0 Å². The molecular formula is C18H32N4O. The van der Waals surface area contributed by atoms with Crippen LogP contribution >= 0.6 is 0 Å². The molecule has 1 aliphatic heterocycles. The molecule has 0 N–H and O–H groups in total. The highest BCUT2D eigenvalue weighted by molar-refractivity contribution is 5.31. The van der Waals surface area contributed by atoms with Gasteiger partial charge in [-0.2, -0.15) is 0 Å². The van der Waals surface area contributed by atoms with Gasteiger partial charge >= 0.3 is 0 Å². The first-order valence-electron chi connectivity index (χ1n) is 8.59. The summed E-state index contributed by atoms with van der Waals surface area (Å²) >= 11 is 0. The molecule has 5 heteroatoms. The zero-order valence-corrected chi connectivity index (χ0v) is 15.6. The van der Waals surface area contributed by atoms with Gasteiger partial charge in [0.15, 0.2) is 0 Å². The minimum atomic E-state index is 0.0969. The SMILES string of the molecule is COCCN1CCN(Cc2nc(C)c(C(C)(C)C)c(C)n2)CC1. The fourth-order valence-corrected chi connectivity index (χ4v) is 3.53. The summed E-state index contributed by atoms with van der Waals surface area (Å²) in [4.78, 5) is 14.5. The highest BCUT2D eigenvalue weighted by atomic mass is 16.5. The quantitative estimate of drug-likeness (QED) is 0.831. The van der Waals surface area contributed by atoms with Gasteiger partial charge in [0, 0.05) is 56.8 Å². The third kappa shape index (κ3) is 4.96.